The van der Waals surface area contributed by atoms with Gasteiger partial charge < -0.3 is 5.32 Å². The average Bonchev–Trinajstić information content (AvgIpc) is 3.10. The van der Waals surface area contributed by atoms with Crippen LogP contribution in [0.3, 0.4) is 0 Å². The van der Waals surface area contributed by atoms with Crippen molar-refractivity contribution in [2.24, 2.45) is 0 Å². The fourth-order valence-electron chi connectivity index (χ4n) is 2.39. The van der Waals surface area contributed by atoms with Crippen LogP contribution in [0, 0.1) is 12.7 Å². The maximum absolute atomic E-state index is 14.0. The molecule has 24 heavy (non-hydrogen) atoms. The molecular weight excluding hydrogens is 309 g/mol. The van der Waals surface area contributed by atoms with Crippen molar-refractivity contribution in [3.8, 4) is 0 Å². The molecule has 0 spiro atoms. The Labute approximate surface area is 138 Å². The number of hydrogen-bond donors (Lipinski definition) is 1. The van der Waals surface area contributed by atoms with Crippen LogP contribution in [0.1, 0.15) is 17.2 Å². The number of tetrazole rings is 1. The van der Waals surface area contributed by atoms with Gasteiger partial charge in [-0.15, -0.1) is 5.10 Å². The van der Waals surface area contributed by atoms with E-state index in [9.17, 15) is 9.18 Å². The molecule has 1 atom stereocenters. The number of halogens is 1. The monoisotopic (exact) mass is 325 g/mol. The van der Waals surface area contributed by atoms with Gasteiger partial charge in [0.25, 0.3) is 0 Å². The maximum atomic E-state index is 14.0. The first-order valence-electron chi connectivity index (χ1n) is 7.47. The summed E-state index contributed by atoms with van der Waals surface area (Å²) in [6.07, 6.45) is 1.77. The molecule has 0 saturated carbocycles. The topological polar surface area (TPSA) is 72.7 Å². The molecule has 0 radical (unpaired) electrons. The largest absolute Gasteiger partial charge is 0.322 e. The van der Waals surface area contributed by atoms with E-state index in [1.54, 1.807) is 19.1 Å². The number of benzene rings is 2. The molecule has 1 amide bonds. The minimum atomic E-state index is -0.678. The van der Waals surface area contributed by atoms with Crippen LogP contribution in [0.15, 0.2) is 54.9 Å². The van der Waals surface area contributed by atoms with Gasteiger partial charge in [-0.2, -0.15) is 0 Å². The number of rotatable bonds is 5. The van der Waals surface area contributed by atoms with E-state index in [2.05, 4.69) is 20.8 Å². The molecule has 1 aromatic heterocycles. The van der Waals surface area contributed by atoms with Gasteiger partial charge in [0.1, 0.15) is 18.2 Å². The molecular formula is C17H16FN5O. The number of carbonyl (C=O) groups is 1. The highest BCUT2D eigenvalue weighted by atomic mass is 19.1. The molecule has 122 valence electrons. The molecule has 0 bridgehead atoms. The van der Waals surface area contributed by atoms with E-state index in [0.29, 0.717) is 6.42 Å². The quantitative estimate of drug-likeness (QED) is 0.782. The predicted molar refractivity (Wildman–Crippen MR) is 86.8 cm³/mol. The Morgan fingerprint density at radius 1 is 1.25 bits per heavy atom. The molecule has 7 heteroatoms. The van der Waals surface area contributed by atoms with Gasteiger partial charge in [0.2, 0.25) is 5.91 Å². The predicted octanol–water partition coefficient (Wildman–Crippen LogP) is 2.54. The minimum absolute atomic E-state index is 0.136. The Hall–Kier alpha value is -3.09. The van der Waals surface area contributed by atoms with E-state index in [-0.39, 0.29) is 11.6 Å². The lowest BCUT2D eigenvalue weighted by Gasteiger charge is -2.17. The molecule has 0 saturated heterocycles. The van der Waals surface area contributed by atoms with Gasteiger partial charge in [-0.1, -0.05) is 36.4 Å². The zero-order valence-electron chi connectivity index (χ0n) is 13.1. The molecule has 1 heterocycles. The Bertz CT molecular complexity index is 820. The third-order valence-corrected chi connectivity index (χ3v) is 3.64. The van der Waals surface area contributed by atoms with Gasteiger partial charge in [0, 0.05) is 6.42 Å². The van der Waals surface area contributed by atoms with Gasteiger partial charge in [-0.25, -0.2) is 9.07 Å². The van der Waals surface area contributed by atoms with Crippen LogP contribution < -0.4 is 5.32 Å². The second kappa shape index (κ2) is 6.99. The van der Waals surface area contributed by atoms with Crippen molar-refractivity contribution >= 4 is 11.6 Å². The standard InChI is InChI=1S/C17H16FN5O/c1-12-7-8-15(14(18)9-12)20-17(24)16(23-11-19-21-22-23)10-13-5-3-2-4-6-13/h2-9,11,16H,10H2,1H3,(H,20,24). The molecule has 6 nitrogen and oxygen atoms in total. The summed E-state index contributed by atoms with van der Waals surface area (Å²) >= 11 is 0. The van der Waals surface area contributed by atoms with Crippen molar-refractivity contribution in [3.05, 3.63) is 71.8 Å². The summed E-state index contributed by atoms with van der Waals surface area (Å²) < 4.78 is 15.4. The Morgan fingerprint density at radius 2 is 2.04 bits per heavy atom. The molecule has 0 aliphatic rings. The van der Waals surface area contributed by atoms with Crippen LogP contribution in [-0.2, 0) is 11.2 Å². The molecule has 1 unspecified atom stereocenters. The maximum Gasteiger partial charge on any atom is 0.249 e. The fraction of sp³-hybridized carbons (Fsp3) is 0.176. The van der Waals surface area contributed by atoms with Crippen LogP contribution in [0.2, 0.25) is 0 Å². The van der Waals surface area contributed by atoms with E-state index in [1.165, 1.54) is 17.1 Å². The third-order valence-electron chi connectivity index (χ3n) is 3.64. The summed E-state index contributed by atoms with van der Waals surface area (Å²) in [6.45, 7) is 1.79. The highest BCUT2D eigenvalue weighted by Crippen LogP contribution is 2.19. The molecule has 3 aromatic rings. The van der Waals surface area contributed by atoms with E-state index in [4.69, 9.17) is 0 Å². The van der Waals surface area contributed by atoms with Crippen molar-refractivity contribution in [1.82, 2.24) is 20.2 Å². The van der Waals surface area contributed by atoms with E-state index >= 15 is 0 Å². The first-order valence-corrected chi connectivity index (χ1v) is 7.47. The SMILES string of the molecule is Cc1ccc(NC(=O)C(Cc2ccccc2)n2cnnn2)c(F)c1. The summed E-state index contributed by atoms with van der Waals surface area (Å²) in [5, 5.41) is 13.6. The van der Waals surface area contributed by atoms with Crippen molar-refractivity contribution in [2.75, 3.05) is 5.32 Å². The summed E-state index contributed by atoms with van der Waals surface area (Å²) in [5.41, 5.74) is 1.88. The molecule has 3 rings (SSSR count). The Kier molecular flexibility index (Phi) is 4.60. The van der Waals surface area contributed by atoms with Gasteiger partial charge in [0.15, 0.2) is 0 Å². The van der Waals surface area contributed by atoms with E-state index < -0.39 is 11.9 Å². The van der Waals surface area contributed by atoms with Gasteiger partial charge >= 0.3 is 0 Å². The summed E-state index contributed by atoms with van der Waals surface area (Å²) in [4.78, 5) is 12.7. The second-order valence-corrected chi connectivity index (χ2v) is 5.47. The lowest BCUT2D eigenvalue weighted by Crippen LogP contribution is -2.28. The van der Waals surface area contributed by atoms with Crippen molar-refractivity contribution in [2.45, 2.75) is 19.4 Å². The summed E-state index contributed by atoms with van der Waals surface area (Å²) in [7, 11) is 0. The highest BCUT2D eigenvalue weighted by Gasteiger charge is 2.23. The number of nitrogens with one attached hydrogen (secondary N) is 1. The first-order chi connectivity index (χ1) is 11.6. The molecule has 0 aliphatic carbocycles. The van der Waals surface area contributed by atoms with Crippen LogP contribution in [-0.4, -0.2) is 26.1 Å². The van der Waals surface area contributed by atoms with E-state index in [0.717, 1.165) is 11.1 Å². The Balaban J connectivity index is 1.83. The van der Waals surface area contributed by atoms with Crippen LogP contribution in [0.5, 0.6) is 0 Å². The number of hydrogen-bond acceptors (Lipinski definition) is 4. The van der Waals surface area contributed by atoms with Gasteiger partial charge in [0.05, 0.1) is 5.69 Å². The van der Waals surface area contributed by atoms with Crippen molar-refractivity contribution in [3.63, 3.8) is 0 Å². The Morgan fingerprint density at radius 3 is 2.71 bits per heavy atom. The van der Waals surface area contributed by atoms with Gasteiger partial charge in [-0.3, -0.25) is 4.79 Å². The lowest BCUT2D eigenvalue weighted by atomic mass is 10.1. The fourth-order valence-corrected chi connectivity index (χ4v) is 2.39. The second-order valence-electron chi connectivity index (χ2n) is 5.47. The highest BCUT2D eigenvalue weighted by molar-refractivity contribution is 5.94. The summed E-state index contributed by atoms with van der Waals surface area (Å²) in [6, 6.07) is 13.5. The van der Waals surface area contributed by atoms with Crippen molar-refractivity contribution in [1.29, 1.82) is 0 Å². The van der Waals surface area contributed by atoms with Crippen LogP contribution in [0.25, 0.3) is 0 Å². The zero-order chi connectivity index (χ0) is 16.9. The van der Waals surface area contributed by atoms with E-state index in [1.807, 2.05) is 30.3 Å². The van der Waals surface area contributed by atoms with Gasteiger partial charge in [-0.05, 0) is 40.6 Å². The number of aromatic nitrogens is 4. The first kappa shape index (κ1) is 15.8. The number of nitrogens with zero attached hydrogens (tertiary/aromatic N) is 4. The van der Waals surface area contributed by atoms with Crippen molar-refractivity contribution < 1.29 is 9.18 Å². The van der Waals surface area contributed by atoms with Crippen LogP contribution in [0.4, 0.5) is 10.1 Å². The number of carbonyl (C=O) groups excluding carboxylic acids is 1. The normalized spacial score (nSPS) is 11.9. The molecule has 0 fully saturated rings. The molecule has 0 aliphatic heterocycles. The summed E-state index contributed by atoms with van der Waals surface area (Å²) in [5.74, 6) is -0.854. The average molecular weight is 325 g/mol. The molecule has 1 N–H and O–H groups in total. The van der Waals surface area contributed by atoms with Crippen LogP contribution >= 0.6 is 0 Å². The smallest absolute Gasteiger partial charge is 0.249 e. The number of amides is 1. The minimum Gasteiger partial charge on any atom is -0.322 e. The number of anilines is 1. The third kappa shape index (κ3) is 3.62. The molecule has 2 aromatic carbocycles. The number of aryl methyl sites for hydroxylation is 1. The lowest BCUT2D eigenvalue weighted by molar-refractivity contribution is -0.119. The zero-order valence-corrected chi connectivity index (χ0v) is 13.1.